The van der Waals surface area contributed by atoms with Crippen LogP contribution in [-0.4, -0.2) is 88.4 Å². The van der Waals surface area contributed by atoms with E-state index in [0.717, 1.165) is 16.7 Å². The van der Waals surface area contributed by atoms with Crippen molar-refractivity contribution in [2.24, 2.45) is 11.8 Å². The predicted octanol–water partition coefficient (Wildman–Crippen LogP) is 6.56. The number of alkyl carbamates (subject to hydrolysis) is 1. The third-order valence-corrected chi connectivity index (χ3v) is 11.3. The summed E-state index contributed by atoms with van der Waals surface area (Å²) in [7, 11) is 3.17. The second kappa shape index (κ2) is 16.5. The fourth-order valence-corrected chi connectivity index (χ4v) is 7.10. The number of epoxide rings is 1. The number of carbonyl (C=O) groups is 4. The Bertz CT molecular complexity index is 1590. The molecule has 8 atom stereocenters. The van der Waals surface area contributed by atoms with Crippen LogP contribution >= 0.6 is 24.2 Å². The molecular weight excluding hydrogens is 706 g/mol. The van der Waals surface area contributed by atoms with Gasteiger partial charge >= 0.3 is 12.1 Å². The highest BCUT2D eigenvalue weighted by Crippen LogP contribution is 2.49. The fraction of sp³-hybridized carbons (Fsp3) is 0.641. The van der Waals surface area contributed by atoms with E-state index in [0.29, 0.717) is 23.6 Å². The number of aryl methyl sites for hydroxylation is 1. The van der Waals surface area contributed by atoms with E-state index in [4.69, 9.17) is 25.8 Å². The molecule has 2 saturated heterocycles. The third kappa shape index (κ3) is 9.92. The number of fused-ring (bicyclic) bond motifs is 5. The number of rotatable bonds is 6. The van der Waals surface area contributed by atoms with Crippen molar-refractivity contribution in [3.8, 4) is 0 Å². The largest absolute Gasteiger partial charge is 0.457 e. The molecule has 52 heavy (non-hydrogen) atoms. The van der Waals surface area contributed by atoms with Crippen LogP contribution in [0.2, 0.25) is 5.02 Å². The Hall–Kier alpha value is -3.06. The molecule has 1 aromatic carbocycles. The summed E-state index contributed by atoms with van der Waals surface area (Å²) in [6.07, 6.45) is 3.57. The minimum atomic E-state index is -1.60. The number of likely N-dealkylation sites (N-methyl/N-ethyl adjacent to an activating group) is 1. The molecule has 4 bridgehead atoms. The van der Waals surface area contributed by atoms with Gasteiger partial charge in [0.2, 0.25) is 11.8 Å². The number of nitrogens with one attached hydrogen (secondary N) is 1. The first-order chi connectivity index (χ1) is 23.6. The van der Waals surface area contributed by atoms with Crippen molar-refractivity contribution in [2.45, 2.75) is 135 Å². The average molecular weight is 764 g/mol. The first kappa shape index (κ1) is 43.3. The van der Waals surface area contributed by atoms with Gasteiger partial charge in [-0.15, -0.1) is 0 Å². The predicted molar refractivity (Wildman–Crippen MR) is 207 cm³/mol. The molecule has 0 radical (unpaired) electrons. The normalized spacial score (nSPS) is 31.8. The number of thiol groups is 1. The van der Waals surface area contributed by atoms with E-state index in [9.17, 15) is 24.3 Å². The van der Waals surface area contributed by atoms with Crippen LogP contribution in [0.25, 0.3) is 0 Å². The molecule has 3 aliphatic heterocycles. The zero-order valence-corrected chi connectivity index (χ0v) is 33.1. The van der Waals surface area contributed by atoms with Gasteiger partial charge in [-0.2, -0.15) is 12.6 Å². The van der Waals surface area contributed by atoms with Crippen molar-refractivity contribution < 1.29 is 38.5 Å². The lowest BCUT2D eigenvalue weighted by molar-refractivity contribution is -0.162. The number of carbonyl (C=O) groups excluding carboxylic acids is 4. The summed E-state index contributed by atoms with van der Waals surface area (Å²) in [5.41, 5.74) is 0.530. The highest BCUT2D eigenvalue weighted by Gasteiger charge is 2.64. The number of amides is 3. The molecular formula is C39H58ClN3O8S. The molecule has 11 nitrogen and oxygen atoms in total. The molecule has 0 saturated carbocycles. The summed E-state index contributed by atoms with van der Waals surface area (Å²) in [5, 5.41) is 14.7. The minimum absolute atomic E-state index is 0. The van der Waals surface area contributed by atoms with Gasteiger partial charge in [0.25, 0.3) is 0 Å². The van der Waals surface area contributed by atoms with E-state index in [1.807, 2.05) is 71.9 Å². The quantitative estimate of drug-likeness (QED) is 0.168. The van der Waals surface area contributed by atoms with Crippen LogP contribution in [0.1, 0.15) is 92.7 Å². The van der Waals surface area contributed by atoms with Crippen molar-refractivity contribution in [1.82, 2.24) is 10.2 Å². The van der Waals surface area contributed by atoms with Crippen LogP contribution in [-0.2, 0) is 35.0 Å². The Morgan fingerprint density at radius 1 is 1.25 bits per heavy atom. The molecule has 4 rings (SSSR count). The minimum Gasteiger partial charge on any atom is -0.457 e. The summed E-state index contributed by atoms with van der Waals surface area (Å²) in [6, 6.07) is 2.89. The molecule has 1 unspecified atom stereocenters. The van der Waals surface area contributed by atoms with E-state index in [-0.39, 0.29) is 43.3 Å². The number of ether oxygens (including phenoxy) is 3. The fourth-order valence-electron chi connectivity index (χ4n) is 6.75. The lowest BCUT2D eigenvalue weighted by atomic mass is 9.82. The van der Waals surface area contributed by atoms with Gasteiger partial charge in [0, 0.05) is 43.5 Å². The molecule has 3 amide bonds. The Morgan fingerprint density at radius 3 is 2.54 bits per heavy atom. The van der Waals surface area contributed by atoms with Crippen molar-refractivity contribution in [2.75, 3.05) is 19.0 Å². The van der Waals surface area contributed by atoms with Gasteiger partial charge in [0.1, 0.15) is 29.6 Å². The van der Waals surface area contributed by atoms with Gasteiger partial charge in [-0.25, -0.2) is 9.59 Å². The summed E-state index contributed by atoms with van der Waals surface area (Å²) >= 11 is 11.3. The Balaban J connectivity index is 0.00000729. The molecule has 13 heteroatoms. The van der Waals surface area contributed by atoms with Crippen LogP contribution in [0.4, 0.5) is 10.5 Å². The number of hydrogen-bond acceptors (Lipinski definition) is 9. The topological polar surface area (TPSA) is 138 Å². The standard InChI is InChI=1S/C38H54ClN3O8S.CH4/c1-21-12-11-13-23(3)38(47)20-28(48-35(46)40-38)24(4)33-37(8,50-33)29(49-34(45)25(5)41(9)30(43)14-15-36(6,7)51)19-31(44)42(10)27-18-26(16-21)17-22(2)32(27)39;/h11-13,17-18,23-25,28-29,33,47,51H,14-16,19-20H2,1-10H3,(H,40,46);1H4/b13-11+,21-12+;/t23-,24-,25+,28?,29+,33+,37+,38+;/m1./s1. The van der Waals surface area contributed by atoms with Crippen LogP contribution < -0.4 is 10.2 Å². The zero-order valence-electron chi connectivity index (χ0n) is 31.4. The molecule has 3 aliphatic rings. The van der Waals surface area contributed by atoms with Crippen molar-refractivity contribution in [3.63, 3.8) is 0 Å². The smallest absolute Gasteiger partial charge is 0.409 e. The number of aliphatic hydroxyl groups is 1. The monoisotopic (exact) mass is 763 g/mol. The molecule has 0 spiro atoms. The summed E-state index contributed by atoms with van der Waals surface area (Å²) < 4.78 is 17.7. The zero-order chi connectivity index (χ0) is 38.2. The van der Waals surface area contributed by atoms with E-state index in [1.165, 1.54) is 9.80 Å². The maximum absolute atomic E-state index is 14.1. The van der Waals surface area contributed by atoms with Crippen molar-refractivity contribution >= 4 is 53.8 Å². The third-order valence-electron chi connectivity index (χ3n) is 10.6. The summed E-state index contributed by atoms with van der Waals surface area (Å²) in [6.45, 7) is 14.7. The van der Waals surface area contributed by atoms with Crippen molar-refractivity contribution in [3.05, 3.63) is 52.1 Å². The number of halogens is 1. The van der Waals surface area contributed by atoms with Crippen LogP contribution in [0.15, 0.2) is 35.9 Å². The lowest BCUT2D eigenvalue weighted by Crippen LogP contribution is -2.60. The number of hydrogen-bond donors (Lipinski definition) is 3. The van der Waals surface area contributed by atoms with E-state index in [1.54, 1.807) is 27.9 Å². The van der Waals surface area contributed by atoms with Crippen LogP contribution in [0.5, 0.6) is 0 Å². The van der Waals surface area contributed by atoms with E-state index >= 15 is 0 Å². The maximum atomic E-state index is 14.1. The number of nitrogens with zero attached hydrogens (tertiary/aromatic N) is 2. The van der Waals surface area contributed by atoms with Crippen LogP contribution in [0.3, 0.4) is 0 Å². The van der Waals surface area contributed by atoms with Gasteiger partial charge in [-0.3, -0.25) is 14.9 Å². The number of allylic oxidation sites excluding steroid dienone is 3. The Kier molecular flexibility index (Phi) is 13.8. The number of esters is 1. The second-order valence-electron chi connectivity index (χ2n) is 15.5. The van der Waals surface area contributed by atoms with Crippen LogP contribution in [0, 0.1) is 18.8 Å². The highest BCUT2D eigenvalue weighted by molar-refractivity contribution is 7.81. The van der Waals surface area contributed by atoms with Gasteiger partial charge in [-0.05, 0) is 57.7 Å². The number of benzene rings is 1. The maximum Gasteiger partial charge on any atom is 0.409 e. The van der Waals surface area contributed by atoms with Gasteiger partial charge < -0.3 is 29.1 Å². The van der Waals surface area contributed by atoms with Gasteiger partial charge in [0.05, 0.1) is 23.2 Å². The number of anilines is 1. The van der Waals surface area contributed by atoms with Crippen molar-refractivity contribution in [1.29, 1.82) is 0 Å². The molecule has 0 aromatic heterocycles. The van der Waals surface area contributed by atoms with Gasteiger partial charge in [-0.1, -0.05) is 76.6 Å². The summed E-state index contributed by atoms with van der Waals surface area (Å²) in [5.74, 6) is -2.23. The van der Waals surface area contributed by atoms with E-state index < -0.39 is 59.6 Å². The molecule has 2 fully saturated rings. The Morgan fingerprint density at radius 2 is 1.90 bits per heavy atom. The second-order valence-corrected chi connectivity index (χ2v) is 17.1. The molecule has 1 aromatic rings. The first-order valence-electron chi connectivity index (χ1n) is 17.5. The Labute approximate surface area is 319 Å². The molecule has 3 heterocycles. The summed E-state index contributed by atoms with van der Waals surface area (Å²) in [4.78, 5) is 56.3. The molecule has 0 aliphatic carbocycles. The van der Waals surface area contributed by atoms with E-state index in [2.05, 4.69) is 17.9 Å². The lowest BCUT2D eigenvalue weighted by Gasteiger charge is -2.41. The molecule has 290 valence electrons. The first-order valence-corrected chi connectivity index (χ1v) is 18.4. The highest BCUT2D eigenvalue weighted by atomic mass is 35.5. The molecule has 2 N–H and O–H groups in total. The SMILES string of the molecule is C.C/C1=C\C=C\[C@@H](C)[C@@]2(O)CC(OC(=O)N2)[C@@H](C)[C@@H]2O[C@@]2(C)[C@@H](OC(=O)[C@H](C)N(C)C(=O)CCC(C)(C)S)CC(=O)N(C)c2cc(cc(C)c2Cl)C1. The van der Waals surface area contributed by atoms with Gasteiger partial charge in [0.15, 0.2) is 0 Å². The average Bonchev–Trinajstić information content (AvgIpc) is 3.74.